The minimum Gasteiger partial charge on any atom is -0.481 e. The predicted molar refractivity (Wildman–Crippen MR) is 116 cm³/mol. The number of hydrogen-bond acceptors (Lipinski definition) is 2. The van der Waals surface area contributed by atoms with Crippen molar-refractivity contribution in [3.05, 3.63) is 0 Å². The van der Waals surface area contributed by atoms with Gasteiger partial charge in [0.2, 0.25) is 0 Å². The first-order valence-electron chi connectivity index (χ1n) is 12.6. The first-order valence-corrected chi connectivity index (χ1v) is 12.6. The molecule has 4 aliphatic carbocycles. The van der Waals surface area contributed by atoms with Gasteiger partial charge in [-0.25, -0.2) is 0 Å². The van der Waals surface area contributed by atoms with Crippen LogP contribution in [-0.4, -0.2) is 22.3 Å². The summed E-state index contributed by atoms with van der Waals surface area (Å²) in [6.45, 7) is 9.69. The summed E-state index contributed by atoms with van der Waals surface area (Å²) in [5.74, 6) is 3.41. The van der Waals surface area contributed by atoms with Crippen LogP contribution in [0.5, 0.6) is 0 Å². The average Bonchev–Trinajstić information content (AvgIpc) is 3.04. The van der Waals surface area contributed by atoms with Crippen LogP contribution in [0.25, 0.3) is 0 Å². The molecule has 4 fully saturated rings. The van der Waals surface area contributed by atoms with Gasteiger partial charge < -0.3 is 10.2 Å². The van der Waals surface area contributed by atoms with E-state index in [4.69, 9.17) is 5.11 Å². The van der Waals surface area contributed by atoms with Crippen molar-refractivity contribution in [1.82, 2.24) is 0 Å². The average molecular weight is 405 g/mol. The Bertz CT molecular complexity index is 617. The zero-order valence-electron chi connectivity index (χ0n) is 19.2. The minimum atomic E-state index is -0.662. The highest BCUT2D eigenvalue weighted by molar-refractivity contribution is 5.66. The second-order valence-corrected chi connectivity index (χ2v) is 11.8. The maximum Gasteiger partial charge on any atom is 0.303 e. The molecule has 29 heavy (non-hydrogen) atoms. The molecule has 0 heterocycles. The lowest BCUT2D eigenvalue weighted by Gasteiger charge is -2.64. The molecule has 4 saturated carbocycles. The zero-order chi connectivity index (χ0) is 21.0. The molecule has 0 aromatic rings. The molecule has 0 saturated heterocycles. The van der Waals surface area contributed by atoms with E-state index >= 15 is 0 Å². The number of aliphatic carboxylic acids is 1. The molecule has 0 radical (unpaired) electrons. The second-order valence-electron chi connectivity index (χ2n) is 11.8. The lowest BCUT2D eigenvalue weighted by molar-refractivity contribution is -0.194. The number of aliphatic hydroxyl groups is 1. The van der Waals surface area contributed by atoms with E-state index in [1.54, 1.807) is 0 Å². The van der Waals surface area contributed by atoms with Crippen LogP contribution in [0, 0.1) is 52.3 Å². The van der Waals surface area contributed by atoms with Crippen LogP contribution in [0.3, 0.4) is 0 Å². The first kappa shape index (κ1) is 21.7. The zero-order valence-corrected chi connectivity index (χ0v) is 19.2. The molecule has 3 heteroatoms. The van der Waals surface area contributed by atoms with Crippen LogP contribution in [0.15, 0.2) is 0 Å². The van der Waals surface area contributed by atoms with Gasteiger partial charge >= 0.3 is 5.97 Å². The summed E-state index contributed by atoms with van der Waals surface area (Å²) >= 11 is 0. The van der Waals surface area contributed by atoms with Gasteiger partial charge in [0.25, 0.3) is 0 Å². The van der Waals surface area contributed by atoms with E-state index in [0.29, 0.717) is 53.3 Å². The summed E-state index contributed by atoms with van der Waals surface area (Å²) in [6, 6.07) is 0. The Balaban J connectivity index is 1.61. The minimum absolute atomic E-state index is 0.126. The smallest absolute Gasteiger partial charge is 0.303 e. The maximum atomic E-state index is 11.7. The highest BCUT2D eigenvalue weighted by Crippen LogP contribution is 2.69. The monoisotopic (exact) mass is 404 g/mol. The summed E-state index contributed by atoms with van der Waals surface area (Å²) in [4.78, 5) is 11.1. The summed E-state index contributed by atoms with van der Waals surface area (Å²) in [7, 11) is 0. The van der Waals surface area contributed by atoms with Gasteiger partial charge in [0.15, 0.2) is 0 Å². The van der Waals surface area contributed by atoms with E-state index < -0.39 is 5.97 Å². The fourth-order valence-electron chi connectivity index (χ4n) is 9.57. The molecule has 0 spiro atoms. The quantitative estimate of drug-likeness (QED) is 0.578. The Kier molecular flexibility index (Phi) is 5.86. The van der Waals surface area contributed by atoms with Gasteiger partial charge in [0.1, 0.15) is 0 Å². The van der Waals surface area contributed by atoms with Gasteiger partial charge in [-0.05, 0) is 97.2 Å². The van der Waals surface area contributed by atoms with Crippen LogP contribution in [0.4, 0.5) is 0 Å². The molecule has 0 aromatic heterocycles. The number of rotatable bonds is 5. The summed E-state index contributed by atoms with van der Waals surface area (Å²) in [5.41, 5.74) is 0.716. The molecule has 2 N–H and O–H groups in total. The Morgan fingerprint density at radius 3 is 2.41 bits per heavy atom. The first-order chi connectivity index (χ1) is 13.7. The van der Waals surface area contributed by atoms with Gasteiger partial charge in [-0.2, -0.15) is 0 Å². The molecule has 3 nitrogen and oxygen atoms in total. The van der Waals surface area contributed by atoms with Crippen molar-refractivity contribution in [1.29, 1.82) is 0 Å². The summed E-state index contributed by atoms with van der Waals surface area (Å²) < 4.78 is 0. The van der Waals surface area contributed by atoms with Crippen molar-refractivity contribution in [3.63, 3.8) is 0 Å². The highest BCUT2D eigenvalue weighted by atomic mass is 16.4. The lowest BCUT2D eigenvalue weighted by atomic mass is 9.41. The molecular weight excluding hydrogens is 360 g/mol. The van der Waals surface area contributed by atoms with Gasteiger partial charge in [0.05, 0.1) is 6.10 Å². The van der Waals surface area contributed by atoms with Crippen LogP contribution in [-0.2, 0) is 4.79 Å². The molecule has 0 aliphatic heterocycles. The molecule has 5 unspecified atom stereocenters. The number of fused-ring (bicyclic) bond motifs is 5. The summed E-state index contributed by atoms with van der Waals surface area (Å²) in [5, 5.41) is 20.9. The second kappa shape index (κ2) is 7.84. The predicted octanol–water partition coefficient (Wildman–Crippen LogP) is 6.14. The molecular formula is C26H44O3. The van der Waals surface area contributed by atoms with Crippen molar-refractivity contribution in [3.8, 4) is 0 Å². The number of carboxylic acids is 1. The van der Waals surface area contributed by atoms with E-state index in [0.717, 1.165) is 12.8 Å². The van der Waals surface area contributed by atoms with Crippen molar-refractivity contribution >= 4 is 5.97 Å². The molecule has 10 atom stereocenters. The van der Waals surface area contributed by atoms with E-state index in [1.165, 1.54) is 51.4 Å². The largest absolute Gasteiger partial charge is 0.481 e. The van der Waals surface area contributed by atoms with E-state index in [2.05, 4.69) is 27.7 Å². The van der Waals surface area contributed by atoms with Crippen LogP contribution >= 0.6 is 0 Å². The molecule has 0 amide bonds. The third-order valence-electron chi connectivity index (χ3n) is 10.9. The highest BCUT2D eigenvalue weighted by Gasteiger charge is 2.64. The Labute approximate surface area is 178 Å². The van der Waals surface area contributed by atoms with Crippen LogP contribution in [0.2, 0.25) is 0 Å². The molecule has 0 aromatic carbocycles. The normalized spacial score (nSPS) is 50.3. The van der Waals surface area contributed by atoms with Gasteiger partial charge in [-0.1, -0.05) is 47.0 Å². The van der Waals surface area contributed by atoms with Crippen LogP contribution < -0.4 is 0 Å². The van der Waals surface area contributed by atoms with E-state index in [1.807, 2.05) is 0 Å². The third kappa shape index (κ3) is 3.29. The fraction of sp³-hybridized carbons (Fsp3) is 0.962. The lowest BCUT2D eigenvalue weighted by Crippen LogP contribution is -2.61. The Morgan fingerprint density at radius 2 is 1.72 bits per heavy atom. The Hall–Kier alpha value is -0.570. The molecule has 166 valence electrons. The fourth-order valence-corrected chi connectivity index (χ4v) is 9.57. The van der Waals surface area contributed by atoms with Crippen molar-refractivity contribution in [2.75, 3.05) is 0 Å². The van der Waals surface area contributed by atoms with Crippen molar-refractivity contribution in [2.24, 2.45) is 52.3 Å². The van der Waals surface area contributed by atoms with Crippen molar-refractivity contribution < 1.29 is 15.0 Å². The number of hydrogen-bond donors (Lipinski definition) is 2. The van der Waals surface area contributed by atoms with Crippen LogP contribution in [0.1, 0.15) is 98.3 Å². The van der Waals surface area contributed by atoms with Gasteiger partial charge in [-0.3, -0.25) is 4.79 Å². The molecule has 0 bridgehead atoms. The standard InChI is InChI=1S/C26H44O3/c1-5-17-19-8-6-7-14-25(19,3)21-13-15-26(4)18(16(2)9-12-22(27)28)10-11-20(26)23(21)24(17)29/h16-21,23-24,29H,5-15H2,1-4H3,(H,27,28)/t16-,17-,18?,19?,20?,21?,23?,24-,25+,26-/m1/s1. The van der Waals surface area contributed by atoms with E-state index in [-0.39, 0.29) is 11.5 Å². The van der Waals surface area contributed by atoms with Gasteiger partial charge in [0, 0.05) is 6.42 Å². The van der Waals surface area contributed by atoms with E-state index in [9.17, 15) is 9.90 Å². The Morgan fingerprint density at radius 1 is 1.00 bits per heavy atom. The van der Waals surface area contributed by atoms with Gasteiger partial charge in [-0.15, -0.1) is 0 Å². The summed E-state index contributed by atoms with van der Waals surface area (Å²) in [6.07, 6.45) is 12.5. The molecule has 4 rings (SSSR count). The van der Waals surface area contributed by atoms with Crippen molar-refractivity contribution in [2.45, 2.75) is 104 Å². The number of carboxylic acid groups (broad SMARTS) is 1. The SMILES string of the molecule is CC[C@@H]1C2CCCC[C@]2(C)C2CC[C@@]3(C)C(CCC3[C@H](C)CCC(=O)O)C2[C@@H]1O. The maximum absolute atomic E-state index is 11.7. The number of carbonyl (C=O) groups is 1. The third-order valence-corrected chi connectivity index (χ3v) is 10.9. The topological polar surface area (TPSA) is 57.5 Å². The number of aliphatic hydroxyl groups excluding tert-OH is 1. The molecule has 4 aliphatic rings.